The molecular formula is C29H23ClF6N4O3. The number of hydrogen-bond acceptors (Lipinski definition) is 5. The van der Waals surface area contributed by atoms with Gasteiger partial charge in [-0.25, -0.2) is 14.5 Å². The van der Waals surface area contributed by atoms with Crippen molar-refractivity contribution in [2.75, 3.05) is 0 Å². The molecule has 0 radical (unpaired) electrons. The van der Waals surface area contributed by atoms with Crippen LogP contribution in [0.4, 0.5) is 26.3 Å². The Morgan fingerprint density at radius 1 is 0.977 bits per heavy atom. The summed E-state index contributed by atoms with van der Waals surface area (Å²) in [4.78, 5) is 19.6. The van der Waals surface area contributed by atoms with E-state index >= 15 is 0 Å². The van der Waals surface area contributed by atoms with Crippen LogP contribution in [0.15, 0.2) is 61.1 Å². The highest BCUT2D eigenvalue weighted by atomic mass is 35.5. The summed E-state index contributed by atoms with van der Waals surface area (Å²) in [5.41, 5.74) is -0.385. The second-order valence-corrected chi connectivity index (χ2v) is 10.6. The van der Waals surface area contributed by atoms with Crippen molar-refractivity contribution in [3.8, 4) is 22.8 Å². The Balaban J connectivity index is 1.34. The van der Waals surface area contributed by atoms with Crippen LogP contribution in [-0.4, -0.2) is 37.0 Å². The summed E-state index contributed by atoms with van der Waals surface area (Å²) in [7, 11) is 0. The lowest BCUT2D eigenvalue weighted by Gasteiger charge is -2.30. The molecule has 7 nitrogen and oxygen atoms in total. The van der Waals surface area contributed by atoms with E-state index in [1.165, 1.54) is 12.3 Å². The molecule has 0 saturated heterocycles. The van der Waals surface area contributed by atoms with Crippen LogP contribution < -0.4 is 4.74 Å². The number of carboxylic acid groups (broad SMARTS) is 1. The maximum atomic E-state index is 13.7. The van der Waals surface area contributed by atoms with E-state index in [4.69, 9.17) is 16.3 Å². The fourth-order valence-corrected chi connectivity index (χ4v) is 5.34. The van der Waals surface area contributed by atoms with Crippen LogP contribution in [0.1, 0.15) is 58.8 Å². The third-order valence-electron chi connectivity index (χ3n) is 7.36. The first-order chi connectivity index (χ1) is 20.3. The molecule has 1 aliphatic rings. The van der Waals surface area contributed by atoms with Crippen molar-refractivity contribution in [2.24, 2.45) is 5.92 Å². The minimum atomic E-state index is -5.04. The smallest absolute Gasteiger partial charge is 0.434 e. The van der Waals surface area contributed by atoms with Crippen molar-refractivity contribution < 1.29 is 41.0 Å². The Labute approximate surface area is 246 Å². The van der Waals surface area contributed by atoms with Gasteiger partial charge in [-0.05, 0) is 60.9 Å². The van der Waals surface area contributed by atoms with E-state index in [0.717, 1.165) is 17.3 Å². The van der Waals surface area contributed by atoms with E-state index in [1.807, 2.05) is 24.3 Å². The molecule has 2 aromatic carbocycles. The summed E-state index contributed by atoms with van der Waals surface area (Å²) < 4.78 is 86.5. The normalized spacial score (nSPS) is 17.6. The molecule has 4 aromatic rings. The topological polar surface area (TPSA) is 90.1 Å². The maximum Gasteiger partial charge on any atom is 0.434 e. The van der Waals surface area contributed by atoms with Crippen LogP contribution in [-0.2, 0) is 12.8 Å². The quantitative estimate of drug-likeness (QED) is 0.209. The van der Waals surface area contributed by atoms with Gasteiger partial charge in [-0.2, -0.15) is 31.4 Å². The van der Waals surface area contributed by atoms with Gasteiger partial charge in [0.15, 0.2) is 11.5 Å². The zero-order valence-corrected chi connectivity index (χ0v) is 22.9. The maximum absolute atomic E-state index is 13.7. The highest BCUT2D eigenvalue weighted by Gasteiger charge is 2.42. The standard InChI is InChI=1S/C29H23ClF6N4O3/c30-20-9-10-24(43-15-16-1-3-17(4-2-16)18-5-7-19(8-6-18)28(31,32)33)21(11-20)23-13-37-14-25(39-23)40-26(29(34,35)36)22(12-38-40)27(41)42/h1-4,9-14,18-19H,5-8,15H2,(H,41,42)/t18-,19+. The van der Waals surface area contributed by atoms with Gasteiger partial charge in [0.2, 0.25) is 0 Å². The van der Waals surface area contributed by atoms with Gasteiger partial charge in [0.1, 0.15) is 17.9 Å². The average Bonchev–Trinajstić information content (AvgIpc) is 3.43. The van der Waals surface area contributed by atoms with Gasteiger partial charge < -0.3 is 9.84 Å². The summed E-state index contributed by atoms with van der Waals surface area (Å²) in [5.74, 6) is -3.06. The van der Waals surface area contributed by atoms with Crippen molar-refractivity contribution in [3.05, 3.63) is 88.5 Å². The molecule has 226 valence electrons. The third-order valence-corrected chi connectivity index (χ3v) is 7.60. The first kappa shape index (κ1) is 30.3. The lowest BCUT2D eigenvalue weighted by atomic mass is 9.78. The molecule has 2 aromatic heterocycles. The zero-order chi connectivity index (χ0) is 30.9. The molecule has 0 amide bonds. The molecular weight excluding hydrogens is 602 g/mol. The average molecular weight is 625 g/mol. The van der Waals surface area contributed by atoms with Gasteiger partial charge >= 0.3 is 18.3 Å². The number of rotatable bonds is 7. The highest BCUT2D eigenvalue weighted by Crippen LogP contribution is 2.43. The number of ether oxygens (including phenoxy) is 1. The second-order valence-electron chi connectivity index (χ2n) is 10.1. The molecule has 1 saturated carbocycles. The lowest BCUT2D eigenvalue weighted by Crippen LogP contribution is -2.27. The van der Waals surface area contributed by atoms with Crippen LogP contribution in [0.2, 0.25) is 5.02 Å². The number of halogens is 7. The van der Waals surface area contributed by atoms with Crippen molar-refractivity contribution in [1.82, 2.24) is 19.7 Å². The predicted molar refractivity (Wildman–Crippen MR) is 143 cm³/mol. The van der Waals surface area contributed by atoms with Gasteiger partial charge in [0.25, 0.3) is 0 Å². The van der Waals surface area contributed by atoms with Crippen LogP contribution >= 0.6 is 11.6 Å². The van der Waals surface area contributed by atoms with Crippen LogP contribution in [0, 0.1) is 5.92 Å². The summed E-state index contributed by atoms with van der Waals surface area (Å²) in [6.07, 6.45) is -5.14. The van der Waals surface area contributed by atoms with Crippen LogP contribution in [0.5, 0.6) is 5.75 Å². The molecule has 1 N–H and O–H groups in total. The number of carboxylic acids is 1. The summed E-state index contributed by atoms with van der Waals surface area (Å²) >= 11 is 6.19. The Morgan fingerprint density at radius 3 is 2.30 bits per heavy atom. The van der Waals surface area contributed by atoms with E-state index in [-0.39, 0.29) is 36.9 Å². The molecule has 0 bridgehead atoms. The molecule has 1 aliphatic carbocycles. The van der Waals surface area contributed by atoms with Crippen LogP contribution in [0.3, 0.4) is 0 Å². The monoisotopic (exact) mass is 624 g/mol. The van der Waals surface area contributed by atoms with Gasteiger partial charge in [-0.15, -0.1) is 0 Å². The fraction of sp³-hybridized carbons (Fsp3) is 0.310. The first-order valence-corrected chi connectivity index (χ1v) is 13.5. The lowest BCUT2D eigenvalue weighted by molar-refractivity contribution is -0.182. The Morgan fingerprint density at radius 2 is 1.67 bits per heavy atom. The summed E-state index contributed by atoms with van der Waals surface area (Å²) in [5, 5.41) is 13.1. The highest BCUT2D eigenvalue weighted by molar-refractivity contribution is 6.31. The van der Waals surface area contributed by atoms with E-state index in [0.29, 0.717) is 40.1 Å². The number of carbonyl (C=O) groups is 1. The first-order valence-electron chi connectivity index (χ1n) is 13.1. The Bertz CT molecular complexity index is 1610. The van der Waals surface area contributed by atoms with Gasteiger partial charge in [0.05, 0.1) is 30.2 Å². The van der Waals surface area contributed by atoms with Crippen molar-refractivity contribution in [1.29, 1.82) is 0 Å². The van der Waals surface area contributed by atoms with E-state index in [2.05, 4.69) is 15.1 Å². The number of aromatic carboxylic acids is 1. The number of aromatic nitrogens is 4. The Hall–Kier alpha value is -4.13. The number of alkyl halides is 6. The summed E-state index contributed by atoms with van der Waals surface area (Å²) in [6.45, 7) is 0.0994. The van der Waals surface area contributed by atoms with Crippen molar-refractivity contribution >= 4 is 17.6 Å². The predicted octanol–water partition coefficient (Wildman–Crippen LogP) is 8.11. The van der Waals surface area contributed by atoms with Crippen molar-refractivity contribution in [2.45, 2.75) is 50.6 Å². The molecule has 43 heavy (non-hydrogen) atoms. The van der Waals surface area contributed by atoms with E-state index in [1.54, 1.807) is 12.1 Å². The van der Waals surface area contributed by atoms with E-state index < -0.39 is 35.5 Å². The minimum absolute atomic E-state index is 0.0570. The van der Waals surface area contributed by atoms with E-state index in [9.17, 15) is 36.2 Å². The number of benzene rings is 2. The van der Waals surface area contributed by atoms with Gasteiger partial charge in [-0.1, -0.05) is 35.9 Å². The molecule has 5 rings (SSSR count). The third kappa shape index (κ3) is 6.76. The molecule has 0 unspecified atom stereocenters. The summed E-state index contributed by atoms with van der Waals surface area (Å²) in [6, 6.07) is 12.0. The SMILES string of the molecule is O=C(O)c1cnn(-c2cncc(-c3cc(Cl)ccc3OCc3ccc([C@H]4CC[C@@H](C(F)(F)F)CC4)cc3)n2)c1C(F)(F)F. The molecule has 1 fully saturated rings. The van der Waals surface area contributed by atoms with Gasteiger partial charge in [-0.3, -0.25) is 4.98 Å². The van der Waals surface area contributed by atoms with Crippen LogP contribution in [0.25, 0.3) is 17.1 Å². The molecule has 0 atom stereocenters. The molecule has 0 aliphatic heterocycles. The zero-order valence-electron chi connectivity index (χ0n) is 22.2. The fourth-order valence-electron chi connectivity index (χ4n) is 5.17. The van der Waals surface area contributed by atoms with Gasteiger partial charge in [0, 0.05) is 10.6 Å². The minimum Gasteiger partial charge on any atom is -0.488 e. The van der Waals surface area contributed by atoms with Crippen molar-refractivity contribution in [3.63, 3.8) is 0 Å². The largest absolute Gasteiger partial charge is 0.488 e. The molecule has 2 heterocycles. The molecule has 0 spiro atoms. The second kappa shape index (κ2) is 11.9. The number of hydrogen-bond donors (Lipinski definition) is 1. The number of nitrogens with zero attached hydrogens (tertiary/aromatic N) is 4. The molecule has 14 heteroatoms. The Kier molecular flexibility index (Phi) is 8.37.